The van der Waals surface area contributed by atoms with Crippen molar-refractivity contribution in [2.24, 2.45) is 0 Å². The molecular formula is C18H41F6N2O5PSi. The summed E-state index contributed by atoms with van der Waals surface area (Å²) in [6, 6.07) is 0. The van der Waals surface area contributed by atoms with Crippen LogP contribution in [-0.4, -0.2) is 72.2 Å². The third kappa shape index (κ3) is 15.0. The quantitative estimate of drug-likeness (QED) is 0.0878. The van der Waals surface area contributed by atoms with E-state index in [2.05, 4.69) is 26.1 Å². The van der Waals surface area contributed by atoms with Crippen molar-refractivity contribution in [3.63, 3.8) is 0 Å². The van der Waals surface area contributed by atoms with E-state index in [0.717, 1.165) is 43.4 Å². The number of quaternary nitrogens is 1. The van der Waals surface area contributed by atoms with Gasteiger partial charge in [0.1, 0.15) is 5.67 Å². The summed E-state index contributed by atoms with van der Waals surface area (Å²) in [5, 5.41) is 2.91. The minimum absolute atomic E-state index is 0.212. The van der Waals surface area contributed by atoms with Crippen LogP contribution in [0.25, 0.3) is 0 Å². The number of ether oxygens (including phenoxy) is 1. The van der Waals surface area contributed by atoms with Crippen molar-refractivity contribution in [3.05, 3.63) is 0 Å². The number of rotatable bonds is 14. The number of nitrogens with zero attached hydrogens (tertiary/aromatic N) is 1. The van der Waals surface area contributed by atoms with E-state index >= 15 is 0 Å². The molecule has 0 rings (SSSR count). The first-order valence-electron chi connectivity index (χ1n) is 10.8. The molecule has 0 aliphatic carbocycles. The SMILES string of the molecule is CCC[N+](CCC)(CCC)C(C)OC(=O)NC(CC)[Si](OC)(OC)OC.F[P-](F)(F)(F)(F)F. The topological polar surface area (TPSA) is 66.0 Å². The van der Waals surface area contributed by atoms with Crippen LogP contribution in [-0.2, 0) is 18.0 Å². The molecule has 0 aliphatic heterocycles. The van der Waals surface area contributed by atoms with Gasteiger partial charge in [-0.15, -0.1) is 0 Å². The van der Waals surface area contributed by atoms with Gasteiger partial charge in [-0.1, -0.05) is 27.7 Å². The van der Waals surface area contributed by atoms with Gasteiger partial charge < -0.3 is 23.3 Å². The fourth-order valence-electron chi connectivity index (χ4n) is 3.78. The molecule has 0 aromatic carbocycles. The maximum atomic E-state index is 12.6. The van der Waals surface area contributed by atoms with Crippen LogP contribution in [0.2, 0.25) is 0 Å². The van der Waals surface area contributed by atoms with Crippen LogP contribution in [0.4, 0.5) is 30.0 Å². The van der Waals surface area contributed by atoms with Crippen molar-refractivity contribution in [2.45, 2.75) is 72.2 Å². The van der Waals surface area contributed by atoms with E-state index in [1.165, 1.54) is 0 Å². The first-order valence-corrected chi connectivity index (χ1v) is 14.7. The summed E-state index contributed by atoms with van der Waals surface area (Å²) in [4.78, 5) is 12.6. The first kappa shape index (κ1) is 34.5. The zero-order chi connectivity index (χ0) is 26.6. The standard InChI is InChI=1S/C18H40N2O5Si.F6P/c1-9-13-20(14-10-2,15-11-3)16(5)25-18(21)19-17(12-4)26(22-6,23-7)24-8;1-7(2,3,4,5)6/h16-17H,9-15H2,1-8H3;/q;-1/p+1. The van der Waals surface area contributed by atoms with Crippen molar-refractivity contribution in [1.82, 2.24) is 5.32 Å². The van der Waals surface area contributed by atoms with E-state index < -0.39 is 22.7 Å². The zero-order valence-electron chi connectivity index (χ0n) is 20.8. The Kier molecular flexibility index (Phi) is 13.5. The number of halogens is 6. The number of amides is 1. The molecule has 15 heteroatoms. The van der Waals surface area contributed by atoms with Crippen molar-refractivity contribution in [3.8, 4) is 0 Å². The van der Waals surface area contributed by atoms with Gasteiger partial charge >= 0.3 is 47.9 Å². The number of carbonyl (C=O) groups is 1. The molecule has 0 heterocycles. The average molecular weight is 539 g/mol. The molecule has 0 aromatic rings. The molecule has 0 spiro atoms. The molecule has 0 radical (unpaired) electrons. The monoisotopic (exact) mass is 538 g/mol. The Morgan fingerprint density at radius 1 is 0.848 bits per heavy atom. The number of carbonyl (C=O) groups excluding carboxylic acids is 1. The Hall–Kier alpha value is -0.663. The van der Waals surface area contributed by atoms with E-state index in [1.807, 2.05) is 13.8 Å². The Morgan fingerprint density at radius 3 is 1.42 bits per heavy atom. The van der Waals surface area contributed by atoms with Gasteiger partial charge in [-0.05, 0) is 25.7 Å². The molecule has 1 N–H and O–H groups in total. The first-order chi connectivity index (χ1) is 14.8. The van der Waals surface area contributed by atoms with E-state index in [4.69, 9.17) is 18.0 Å². The summed E-state index contributed by atoms with van der Waals surface area (Å²) in [6.45, 7) is 13.5. The Labute approximate surface area is 194 Å². The molecule has 1 amide bonds. The number of hydrogen-bond acceptors (Lipinski definition) is 5. The minimum atomic E-state index is -10.7. The second kappa shape index (κ2) is 12.9. The molecular weight excluding hydrogens is 497 g/mol. The molecule has 204 valence electrons. The Morgan fingerprint density at radius 2 is 1.18 bits per heavy atom. The second-order valence-corrected chi connectivity index (χ2v) is 12.7. The Balaban J connectivity index is 0. The summed E-state index contributed by atoms with van der Waals surface area (Å²) < 4.78 is 82.3. The molecule has 0 aliphatic rings. The third-order valence-electron chi connectivity index (χ3n) is 5.04. The van der Waals surface area contributed by atoms with Crippen molar-refractivity contribution in [1.29, 1.82) is 0 Å². The van der Waals surface area contributed by atoms with Crippen molar-refractivity contribution >= 4 is 22.7 Å². The summed E-state index contributed by atoms with van der Waals surface area (Å²) >= 11 is 0. The summed E-state index contributed by atoms with van der Waals surface area (Å²) in [5.74, 6) is 0. The molecule has 2 unspecified atom stereocenters. The molecule has 0 saturated heterocycles. The fraction of sp³-hybridized carbons (Fsp3) is 0.944. The molecule has 0 saturated carbocycles. The maximum absolute atomic E-state index is 12.6. The van der Waals surface area contributed by atoms with Gasteiger partial charge in [-0.3, -0.25) is 4.48 Å². The van der Waals surface area contributed by atoms with Gasteiger partial charge in [-0.25, -0.2) is 4.79 Å². The van der Waals surface area contributed by atoms with Crippen LogP contribution in [0.15, 0.2) is 0 Å². The Bertz CT molecular complexity index is 545. The molecule has 0 aromatic heterocycles. The molecule has 0 bridgehead atoms. The van der Waals surface area contributed by atoms with Crippen molar-refractivity contribution < 1.29 is 52.5 Å². The second-order valence-electron chi connectivity index (χ2n) is 7.67. The van der Waals surface area contributed by atoms with Crippen LogP contribution < -0.4 is 5.32 Å². The summed E-state index contributed by atoms with van der Waals surface area (Å²) in [5.41, 5.74) is -0.354. The average Bonchev–Trinajstić information content (AvgIpc) is 2.66. The zero-order valence-corrected chi connectivity index (χ0v) is 22.7. The summed E-state index contributed by atoms with van der Waals surface area (Å²) in [6.07, 6.45) is 3.14. The van der Waals surface area contributed by atoms with Gasteiger partial charge in [0, 0.05) is 28.3 Å². The van der Waals surface area contributed by atoms with Crippen LogP contribution >= 0.6 is 7.81 Å². The normalized spacial score (nSPS) is 16.5. The summed E-state index contributed by atoms with van der Waals surface area (Å²) in [7, 11) is -8.99. The van der Waals surface area contributed by atoms with E-state index in [-0.39, 0.29) is 11.9 Å². The molecule has 33 heavy (non-hydrogen) atoms. The predicted molar refractivity (Wildman–Crippen MR) is 119 cm³/mol. The molecule has 2 atom stereocenters. The van der Waals surface area contributed by atoms with E-state index in [1.54, 1.807) is 21.3 Å². The van der Waals surface area contributed by atoms with E-state index in [0.29, 0.717) is 6.42 Å². The van der Waals surface area contributed by atoms with Gasteiger partial charge in [0.05, 0.1) is 19.6 Å². The van der Waals surface area contributed by atoms with Gasteiger partial charge in [-0.2, -0.15) is 0 Å². The van der Waals surface area contributed by atoms with Crippen molar-refractivity contribution in [2.75, 3.05) is 41.0 Å². The number of alkyl carbamates (subject to hydrolysis) is 1. The predicted octanol–water partition coefficient (Wildman–Crippen LogP) is 6.68. The van der Waals surface area contributed by atoms with Crippen LogP contribution in [0.1, 0.15) is 60.3 Å². The van der Waals surface area contributed by atoms with Crippen LogP contribution in [0.5, 0.6) is 0 Å². The van der Waals surface area contributed by atoms with Crippen LogP contribution in [0.3, 0.4) is 0 Å². The van der Waals surface area contributed by atoms with Gasteiger partial charge in [0.25, 0.3) is 0 Å². The molecule has 0 fully saturated rings. The van der Waals surface area contributed by atoms with E-state index in [9.17, 15) is 30.0 Å². The van der Waals surface area contributed by atoms with Gasteiger partial charge in [0.2, 0.25) is 6.23 Å². The fourth-order valence-corrected chi connectivity index (χ4v) is 5.93. The number of hydrogen-bond donors (Lipinski definition) is 1. The third-order valence-corrected chi connectivity index (χ3v) is 8.15. The number of nitrogens with one attached hydrogen (secondary N) is 1. The molecule has 7 nitrogen and oxygen atoms in total. The van der Waals surface area contributed by atoms with Crippen LogP contribution in [0, 0.1) is 0 Å². The van der Waals surface area contributed by atoms with Gasteiger partial charge in [0.15, 0.2) is 0 Å².